The molecule has 0 radical (unpaired) electrons. The number of hydrogen-bond acceptors (Lipinski definition) is 2. The Labute approximate surface area is 94.8 Å². The molecule has 1 atom stereocenters. The van der Waals surface area contributed by atoms with E-state index in [9.17, 15) is 0 Å². The molecule has 1 unspecified atom stereocenters. The lowest BCUT2D eigenvalue weighted by Gasteiger charge is -2.29. The molecule has 2 heteroatoms. The lowest BCUT2D eigenvalue weighted by atomic mass is 9.88. The summed E-state index contributed by atoms with van der Waals surface area (Å²) >= 11 is 0. The summed E-state index contributed by atoms with van der Waals surface area (Å²) in [4.78, 5) is 0. The summed E-state index contributed by atoms with van der Waals surface area (Å²) in [5, 5.41) is 3.68. The van der Waals surface area contributed by atoms with Crippen molar-refractivity contribution in [1.29, 1.82) is 0 Å². The highest BCUT2D eigenvalue weighted by Crippen LogP contribution is 2.48. The number of nitrogens with one attached hydrogen (secondary N) is 1. The molecule has 0 aliphatic heterocycles. The van der Waals surface area contributed by atoms with Crippen molar-refractivity contribution in [2.24, 2.45) is 10.8 Å². The van der Waals surface area contributed by atoms with Crippen LogP contribution in [0.1, 0.15) is 47.0 Å². The van der Waals surface area contributed by atoms with Gasteiger partial charge in [0, 0.05) is 26.3 Å². The van der Waals surface area contributed by atoms with E-state index in [0.717, 1.165) is 19.6 Å². The van der Waals surface area contributed by atoms with E-state index in [1.807, 2.05) is 0 Å². The van der Waals surface area contributed by atoms with Gasteiger partial charge in [-0.15, -0.1) is 0 Å². The van der Waals surface area contributed by atoms with Crippen LogP contribution in [0.4, 0.5) is 0 Å². The van der Waals surface area contributed by atoms with Crippen molar-refractivity contribution in [3.8, 4) is 0 Å². The maximum Gasteiger partial charge on any atom is 0.0467 e. The fourth-order valence-corrected chi connectivity index (χ4v) is 1.77. The maximum atomic E-state index is 5.14. The third-order valence-corrected chi connectivity index (χ3v) is 3.95. The van der Waals surface area contributed by atoms with Gasteiger partial charge < -0.3 is 10.1 Å². The molecule has 2 nitrogen and oxygen atoms in total. The second-order valence-corrected chi connectivity index (χ2v) is 6.16. The first kappa shape index (κ1) is 13.0. The molecule has 0 saturated heterocycles. The van der Waals surface area contributed by atoms with Gasteiger partial charge in [0.15, 0.2) is 0 Å². The van der Waals surface area contributed by atoms with E-state index in [1.54, 1.807) is 7.11 Å². The zero-order valence-corrected chi connectivity index (χ0v) is 11.0. The summed E-state index contributed by atoms with van der Waals surface area (Å²) < 4.78 is 5.14. The Hall–Kier alpha value is -0.0800. The third kappa shape index (κ3) is 4.12. The van der Waals surface area contributed by atoms with Crippen molar-refractivity contribution >= 4 is 0 Å². The van der Waals surface area contributed by atoms with Crippen LogP contribution in [-0.2, 0) is 4.74 Å². The van der Waals surface area contributed by atoms with Crippen LogP contribution in [-0.4, -0.2) is 26.3 Å². The summed E-state index contributed by atoms with van der Waals surface area (Å²) in [5.41, 5.74) is 0.923. The molecular formula is C13H27NO. The van der Waals surface area contributed by atoms with Crippen LogP contribution >= 0.6 is 0 Å². The molecule has 0 aromatic carbocycles. The predicted molar refractivity (Wildman–Crippen MR) is 65.1 cm³/mol. The van der Waals surface area contributed by atoms with Gasteiger partial charge in [-0.25, -0.2) is 0 Å². The monoisotopic (exact) mass is 213 g/mol. The third-order valence-electron chi connectivity index (χ3n) is 3.95. The van der Waals surface area contributed by atoms with E-state index >= 15 is 0 Å². The van der Waals surface area contributed by atoms with Crippen LogP contribution in [0.5, 0.6) is 0 Å². The first-order chi connectivity index (χ1) is 6.90. The lowest BCUT2D eigenvalue weighted by molar-refractivity contribution is 0.147. The highest BCUT2D eigenvalue weighted by molar-refractivity contribution is 4.97. The van der Waals surface area contributed by atoms with Crippen LogP contribution in [0, 0.1) is 10.8 Å². The molecule has 90 valence electrons. The minimum absolute atomic E-state index is 0.343. The molecule has 0 bridgehead atoms. The number of rotatable bonds is 7. The van der Waals surface area contributed by atoms with Gasteiger partial charge in [-0.1, -0.05) is 20.8 Å². The smallest absolute Gasteiger partial charge is 0.0467 e. The highest BCUT2D eigenvalue weighted by atomic mass is 16.5. The van der Waals surface area contributed by atoms with Gasteiger partial charge in [0.2, 0.25) is 0 Å². The Balaban J connectivity index is 2.22. The zero-order valence-electron chi connectivity index (χ0n) is 11.0. The van der Waals surface area contributed by atoms with E-state index in [1.165, 1.54) is 12.8 Å². The summed E-state index contributed by atoms with van der Waals surface area (Å²) in [7, 11) is 1.78. The predicted octanol–water partition coefficient (Wildman–Crippen LogP) is 2.83. The molecule has 1 fully saturated rings. The molecule has 0 heterocycles. The SMILES string of the molecule is COCCC(C)(C)CNC(C)C1(C)CC1. The molecule has 0 aromatic heterocycles. The lowest BCUT2D eigenvalue weighted by Crippen LogP contribution is -2.40. The second-order valence-electron chi connectivity index (χ2n) is 6.16. The highest BCUT2D eigenvalue weighted by Gasteiger charge is 2.42. The average molecular weight is 213 g/mol. The summed E-state index contributed by atoms with van der Waals surface area (Å²) in [6, 6.07) is 0.652. The van der Waals surface area contributed by atoms with E-state index in [4.69, 9.17) is 4.74 Å². The molecule has 0 amide bonds. The summed E-state index contributed by atoms with van der Waals surface area (Å²) in [6.45, 7) is 11.3. The average Bonchev–Trinajstić information content (AvgIpc) is 2.91. The van der Waals surface area contributed by atoms with E-state index in [-0.39, 0.29) is 0 Å². The molecule has 1 rings (SSSR count). The minimum Gasteiger partial charge on any atom is -0.385 e. The molecular weight excluding hydrogens is 186 g/mol. The van der Waals surface area contributed by atoms with Crippen molar-refractivity contribution in [2.45, 2.75) is 53.0 Å². The first-order valence-electron chi connectivity index (χ1n) is 6.12. The molecule has 0 aromatic rings. The second kappa shape index (κ2) is 4.84. The van der Waals surface area contributed by atoms with Crippen molar-refractivity contribution in [1.82, 2.24) is 5.32 Å². The normalized spacial score (nSPS) is 21.4. The van der Waals surface area contributed by atoms with Gasteiger partial charge in [0.25, 0.3) is 0 Å². The number of ether oxygens (including phenoxy) is 1. The fourth-order valence-electron chi connectivity index (χ4n) is 1.77. The van der Waals surface area contributed by atoms with E-state index in [2.05, 4.69) is 33.0 Å². The van der Waals surface area contributed by atoms with Crippen LogP contribution in [0.3, 0.4) is 0 Å². The summed E-state index contributed by atoms with van der Waals surface area (Å²) in [5.74, 6) is 0. The van der Waals surface area contributed by atoms with Gasteiger partial charge in [0.1, 0.15) is 0 Å². The molecule has 1 N–H and O–H groups in total. The Morgan fingerprint density at radius 2 is 2.00 bits per heavy atom. The largest absolute Gasteiger partial charge is 0.385 e. The topological polar surface area (TPSA) is 21.3 Å². The van der Waals surface area contributed by atoms with Crippen LogP contribution in [0.15, 0.2) is 0 Å². The van der Waals surface area contributed by atoms with Crippen LogP contribution in [0.25, 0.3) is 0 Å². The quantitative estimate of drug-likeness (QED) is 0.702. The van der Waals surface area contributed by atoms with Crippen molar-refractivity contribution in [3.63, 3.8) is 0 Å². The maximum absolute atomic E-state index is 5.14. The van der Waals surface area contributed by atoms with Crippen molar-refractivity contribution in [2.75, 3.05) is 20.3 Å². The van der Waals surface area contributed by atoms with Gasteiger partial charge in [0.05, 0.1) is 0 Å². The molecule has 1 saturated carbocycles. The number of methoxy groups -OCH3 is 1. The Bertz CT molecular complexity index is 197. The minimum atomic E-state index is 0.343. The van der Waals surface area contributed by atoms with Crippen molar-refractivity contribution < 1.29 is 4.74 Å². The Kier molecular flexibility index (Phi) is 4.19. The van der Waals surface area contributed by atoms with Gasteiger partial charge in [-0.05, 0) is 37.0 Å². The molecule has 1 aliphatic rings. The van der Waals surface area contributed by atoms with Gasteiger partial charge >= 0.3 is 0 Å². The van der Waals surface area contributed by atoms with Crippen LogP contribution in [0.2, 0.25) is 0 Å². The molecule has 0 spiro atoms. The molecule has 15 heavy (non-hydrogen) atoms. The van der Waals surface area contributed by atoms with E-state index in [0.29, 0.717) is 16.9 Å². The standard InChI is InChI=1S/C13H27NO/c1-11(13(4)6-7-13)14-10-12(2,3)8-9-15-5/h11,14H,6-10H2,1-5H3. The Morgan fingerprint density at radius 3 is 2.47 bits per heavy atom. The van der Waals surface area contributed by atoms with Crippen LogP contribution < -0.4 is 5.32 Å². The summed E-state index contributed by atoms with van der Waals surface area (Å²) in [6.07, 6.45) is 3.90. The van der Waals surface area contributed by atoms with Gasteiger partial charge in [-0.3, -0.25) is 0 Å². The van der Waals surface area contributed by atoms with Crippen molar-refractivity contribution in [3.05, 3.63) is 0 Å². The number of hydrogen-bond donors (Lipinski definition) is 1. The first-order valence-corrected chi connectivity index (χ1v) is 6.12. The zero-order chi connectivity index (χ0) is 11.5. The van der Waals surface area contributed by atoms with E-state index < -0.39 is 0 Å². The fraction of sp³-hybridized carbons (Fsp3) is 1.00. The van der Waals surface area contributed by atoms with Gasteiger partial charge in [-0.2, -0.15) is 0 Å². The molecule has 1 aliphatic carbocycles. The Morgan fingerprint density at radius 1 is 1.40 bits per heavy atom.